The zero-order valence-electron chi connectivity index (χ0n) is 26.2. The summed E-state index contributed by atoms with van der Waals surface area (Å²) in [4.78, 5) is 2.43. The van der Waals surface area contributed by atoms with E-state index in [0.29, 0.717) is 0 Å². The summed E-state index contributed by atoms with van der Waals surface area (Å²) in [5.41, 5.74) is 12.4. The van der Waals surface area contributed by atoms with Crippen LogP contribution in [0.5, 0.6) is 0 Å². The van der Waals surface area contributed by atoms with Crippen LogP contribution in [0.2, 0.25) is 6.32 Å². The topological polar surface area (TPSA) is 12.5 Å². The van der Waals surface area contributed by atoms with Crippen molar-refractivity contribution in [3.05, 3.63) is 132 Å². The molecule has 0 N–H and O–H groups in total. The molecule has 1 aliphatic heterocycles. The number of hydrogen-bond acceptors (Lipinski definition) is 2. The van der Waals surface area contributed by atoms with Crippen molar-refractivity contribution >= 4 is 29.4 Å². The monoisotopic (exact) mass is 561 g/mol. The Morgan fingerprint density at radius 2 is 1.19 bits per heavy atom. The third kappa shape index (κ3) is 4.53. The highest BCUT2D eigenvalue weighted by Gasteiger charge is 2.49. The van der Waals surface area contributed by atoms with Gasteiger partial charge in [-0.25, -0.2) is 0 Å². The molecule has 1 fully saturated rings. The molecule has 2 aliphatic rings. The van der Waals surface area contributed by atoms with Crippen molar-refractivity contribution in [2.75, 3.05) is 4.90 Å². The number of para-hydroxylation sites is 1. The highest BCUT2D eigenvalue weighted by molar-refractivity contribution is 6.68. The van der Waals surface area contributed by atoms with Gasteiger partial charge < -0.3 is 9.55 Å². The van der Waals surface area contributed by atoms with Gasteiger partial charge in [0, 0.05) is 22.4 Å². The lowest BCUT2D eigenvalue weighted by Gasteiger charge is -2.34. The second-order valence-electron chi connectivity index (χ2n) is 13.9. The molecular weight excluding hydrogens is 521 g/mol. The fraction of sp³-hybridized carbons (Fsp3) is 0.250. The maximum absolute atomic E-state index is 6.59. The van der Waals surface area contributed by atoms with E-state index in [9.17, 15) is 0 Å². The van der Waals surface area contributed by atoms with Crippen LogP contribution in [0.4, 0.5) is 17.1 Å². The summed E-state index contributed by atoms with van der Waals surface area (Å²) in [6.07, 6.45) is 1.01. The molecule has 0 amide bonds. The van der Waals surface area contributed by atoms with Crippen molar-refractivity contribution < 1.29 is 4.65 Å². The second-order valence-corrected chi connectivity index (χ2v) is 13.9. The van der Waals surface area contributed by atoms with Crippen molar-refractivity contribution in [2.24, 2.45) is 5.41 Å². The molecule has 1 heterocycles. The molecule has 0 aromatic heterocycles. The fourth-order valence-corrected chi connectivity index (χ4v) is 7.08. The van der Waals surface area contributed by atoms with Crippen molar-refractivity contribution in [2.45, 2.75) is 58.9 Å². The third-order valence-corrected chi connectivity index (χ3v) is 10.3. The lowest BCUT2D eigenvalue weighted by molar-refractivity contribution is 0.0375. The number of nitrogens with zero attached hydrogens (tertiary/aromatic N) is 1. The largest absolute Gasteiger partial charge is 0.426 e. The normalized spacial score (nSPS) is 17.4. The third-order valence-electron chi connectivity index (χ3n) is 10.3. The number of fused-ring (bicyclic) bond motifs is 3. The number of benzene rings is 5. The van der Waals surface area contributed by atoms with Gasteiger partial charge in [0.25, 0.3) is 0 Å². The summed E-state index contributed by atoms with van der Waals surface area (Å²) in [6, 6.07) is 44.4. The highest BCUT2D eigenvalue weighted by atomic mass is 16.5. The minimum Gasteiger partial charge on any atom is -0.426 e. The van der Waals surface area contributed by atoms with Gasteiger partial charge in [-0.15, -0.1) is 0 Å². The van der Waals surface area contributed by atoms with Crippen molar-refractivity contribution in [3.8, 4) is 22.3 Å². The van der Waals surface area contributed by atoms with E-state index in [0.717, 1.165) is 23.4 Å². The van der Waals surface area contributed by atoms with Crippen LogP contribution in [0.25, 0.3) is 22.3 Å². The lowest BCUT2D eigenvalue weighted by atomic mass is 9.54. The summed E-state index contributed by atoms with van der Waals surface area (Å²) < 4.78 is 6.59. The van der Waals surface area contributed by atoms with E-state index < -0.39 is 0 Å². The van der Waals surface area contributed by atoms with Gasteiger partial charge in [-0.05, 0) is 89.2 Å². The standard InChI is InChI=1S/C40H40BNO/c1-38(2)27-41(43-40(38,5)6)29-20-22-30(23-21-29)42(37-19-13-11-16-32(37)28-14-8-7-9-15-28)31-24-25-34-33-17-10-12-18-35(33)39(3,4)36(34)26-31/h7-26H,27H2,1-6H3. The summed E-state index contributed by atoms with van der Waals surface area (Å²) in [7, 11) is 0. The Hall–Kier alpha value is -4.08. The molecule has 0 bridgehead atoms. The predicted molar refractivity (Wildman–Crippen MR) is 183 cm³/mol. The van der Waals surface area contributed by atoms with E-state index in [-0.39, 0.29) is 23.3 Å². The van der Waals surface area contributed by atoms with Crippen molar-refractivity contribution in [3.63, 3.8) is 0 Å². The first kappa shape index (κ1) is 27.7. The smallest absolute Gasteiger partial charge is 0.327 e. The molecule has 43 heavy (non-hydrogen) atoms. The van der Waals surface area contributed by atoms with E-state index in [4.69, 9.17) is 4.65 Å². The molecule has 1 saturated heterocycles. The highest BCUT2D eigenvalue weighted by Crippen LogP contribution is 2.51. The number of anilines is 3. The molecule has 5 aromatic carbocycles. The second kappa shape index (κ2) is 10.00. The van der Waals surface area contributed by atoms with Crippen LogP contribution in [-0.2, 0) is 10.1 Å². The quantitative estimate of drug-likeness (QED) is 0.198. The maximum atomic E-state index is 6.59. The average molecular weight is 562 g/mol. The molecule has 214 valence electrons. The molecular formula is C40H40BNO. The van der Waals surface area contributed by atoms with Gasteiger partial charge in [-0.1, -0.05) is 119 Å². The Balaban J connectivity index is 1.36. The molecule has 5 aromatic rings. The van der Waals surface area contributed by atoms with Gasteiger partial charge in [0.15, 0.2) is 0 Å². The van der Waals surface area contributed by atoms with Crippen LogP contribution >= 0.6 is 0 Å². The fourth-order valence-electron chi connectivity index (χ4n) is 7.08. The number of rotatable bonds is 5. The van der Waals surface area contributed by atoms with Crippen LogP contribution in [-0.4, -0.2) is 12.5 Å². The molecule has 2 nitrogen and oxygen atoms in total. The average Bonchev–Trinajstić information content (AvgIpc) is 3.38. The SMILES string of the molecule is CC1(C)c2ccccc2-c2ccc(N(c3ccc(B4CC(C)(C)C(C)(C)O4)cc3)c3ccccc3-c3ccccc3)cc21. The van der Waals surface area contributed by atoms with Gasteiger partial charge in [0.2, 0.25) is 0 Å². The molecule has 0 radical (unpaired) electrons. The minimum atomic E-state index is -0.161. The minimum absolute atomic E-state index is 0.0736. The first-order valence-electron chi connectivity index (χ1n) is 15.5. The molecule has 0 unspecified atom stereocenters. The van der Waals surface area contributed by atoms with Crippen molar-refractivity contribution in [1.82, 2.24) is 0 Å². The van der Waals surface area contributed by atoms with E-state index >= 15 is 0 Å². The predicted octanol–water partition coefficient (Wildman–Crippen LogP) is 10.2. The summed E-state index contributed by atoms with van der Waals surface area (Å²) in [5.74, 6) is 0. The zero-order valence-corrected chi connectivity index (χ0v) is 26.2. The van der Waals surface area contributed by atoms with Crippen LogP contribution < -0.4 is 10.4 Å². The molecule has 0 saturated carbocycles. The molecule has 1 aliphatic carbocycles. The van der Waals surface area contributed by atoms with E-state index in [2.05, 4.69) is 168 Å². The molecule has 3 heteroatoms. The van der Waals surface area contributed by atoms with Gasteiger partial charge in [-0.3, -0.25) is 0 Å². The Kier molecular flexibility index (Phi) is 6.45. The van der Waals surface area contributed by atoms with E-state index in [1.807, 2.05) is 0 Å². The number of hydrogen-bond donors (Lipinski definition) is 0. The van der Waals surface area contributed by atoms with Crippen LogP contribution in [0.1, 0.15) is 52.7 Å². The van der Waals surface area contributed by atoms with E-state index in [1.165, 1.54) is 38.8 Å². The Morgan fingerprint density at radius 3 is 1.88 bits per heavy atom. The van der Waals surface area contributed by atoms with Crippen LogP contribution in [0.15, 0.2) is 121 Å². The first-order chi connectivity index (χ1) is 20.6. The summed E-state index contributed by atoms with van der Waals surface area (Å²) in [6.45, 7) is 13.9. The van der Waals surface area contributed by atoms with Crippen LogP contribution in [0.3, 0.4) is 0 Å². The Bertz CT molecular complexity index is 1790. The summed E-state index contributed by atoms with van der Waals surface area (Å²) in [5, 5.41) is 0. The van der Waals surface area contributed by atoms with Gasteiger partial charge in [0.1, 0.15) is 0 Å². The van der Waals surface area contributed by atoms with Gasteiger partial charge >= 0.3 is 6.92 Å². The van der Waals surface area contributed by atoms with E-state index in [1.54, 1.807) is 0 Å². The maximum Gasteiger partial charge on any atom is 0.327 e. The summed E-state index contributed by atoms with van der Waals surface area (Å²) >= 11 is 0. The van der Waals surface area contributed by atoms with Gasteiger partial charge in [0.05, 0.1) is 11.3 Å². The van der Waals surface area contributed by atoms with Gasteiger partial charge in [-0.2, -0.15) is 0 Å². The molecule has 0 atom stereocenters. The Labute approximate surface area is 257 Å². The van der Waals surface area contributed by atoms with Crippen molar-refractivity contribution in [1.29, 1.82) is 0 Å². The Morgan fingerprint density at radius 1 is 0.581 bits per heavy atom. The first-order valence-corrected chi connectivity index (χ1v) is 15.5. The van der Waals surface area contributed by atoms with Crippen LogP contribution in [0, 0.1) is 5.41 Å². The molecule has 0 spiro atoms. The zero-order chi connectivity index (χ0) is 30.0. The lowest BCUT2D eigenvalue weighted by Crippen LogP contribution is -2.36. The molecule has 7 rings (SSSR count).